The molecule has 0 saturated carbocycles. The van der Waals surface area contributed by atoms with Gasteiger partial charge in [0.1, 0.15) is 0 Å². The fourth-order valence-electron chi connectivity index (χ4n) is 1.92. The fourth-order valence-corrected chi connectivity index (χ4v) is 1.92. The van der Waals surface area contributed by atoms with Crippen molar-refractivity contribution in [1.29, 1.82) is 0 Å². The van der Waals surface area contributed by atoms with Gasteiger partial charge in [0.25, 0.3) is 0 Å². The first-order valence-electron chi connectivity index (χ1n) is 5.65. The lowest BCUT2D eigenvalue weighted by molar-refractivity contribution is 0.121. The average molecular weight is 221 g/mol. The third-order valence-corrected chi connectivity index (χ3v) is 3.04. The van der Waals surface area contributed by atoms with Crippen molar-refractivity contribution in [3.63, 3.8) is 0 Å². The van der Waals surface area contributed by atoms with E-state index < -0.39 is 0 Å². The Morgan fingerprint density at radius 1 is 1.31 bits per heavy atom. The highest BCUT2D eigenvalue weighted by Crippen LogP contribution is 2.06. The fraction of sp³-hybridized carbons (Fsp3) is 0.636. The van der Waals surface area contributed by atoms with Crippen LogP contribution in [0, 0.1) is 0 Å². The van der Waals surface area contributed by atoms with Crippen LogP contribution in [-0.2, 0) is 0 Å². The molecule has 0 spiro atoms. The summed E-state index contributed by atoms with van der Waals surface area (Å²) < 4.78 is 0. The molecule has 0 amide bonds. The van der Waals surface area contributed by atoms with Gasteiger partial charge < -0.3 is 10.2 Å². The zero-order chi connectivity index (χ0) is 11.4. The second-order valence-corrected chi connectivity index (χ2v) is 4.35. The van der Waals surface area contributed by atoms with Gasteiger partial charge in [0.2, 0.25) is 5.95 Å². The van der Waals surface area contributed by atoms with Gasteiger partial charge in [-0.1, -0.05) is 0 Å². The highest BCUT2D eigenvalue weighted by Gasteiger charge is 2.21. The van der Waals surface area contributed by atoms with Crippen LogP contribution in [-0.4, -0.2) is 66.1 Å². The van der Waals surface area contributed by atoms with E-state index in [0.717, 1.165) is 26.2 Å². The van der Waals surface area contributed by atoms with Crippen molar-refractivity contribution >= 4 is 5.95 Å². The quantitative estimate of drug-likeness (QED) is 0.786. The Bertz CT molecular complexity index is 315. The number of anilines is 1. The largest absolute Gasteiger partial charge is 0.353 e. The summed E-state index contributed by atoms with van der Waals surface area (Å²) in [6, 6.07) is 2.36. The van der Waals surface area contributed by atoms with Crippen LogP contribution < -0.4 is 5.32 Å². The van der Waals surface area contributed by atoms with E-state index in [1.54, 1.807) is 12.4 Å². The number of aromatic nitrogens is 2. The maximum atomic E-state index is 4.15. The van der Waals surface area contributed by atoms with Gasteiger partial charge in [-0.05, 0) is 20.2 Å². The lowest BCUT2D eigenvalue weighted by Crippen LogP contribution is -2.52. The first-order valence-corrected chi connectivity index (χ1v) is 5.65. The molecule has 2 heterocycles. The van der Waals surface area contributed by atoms with Gasteiger partial charge in [0.05, 0.1) is 0 Å². The zero-order valence-electron chi connectivity index (χ0n) is 9.93. The van der Waals surface area contributed by atoms with E-state index in [1.807, 2.05) is 6.07 Å². The van der Waals surface area contributed by atoms with Gasteiger partial charge in [-0.15, -0.1) is 0 Å². The zero-order valence-corrected chi connectivity index (χ0v) is 9.93. The topological polar surface area (TPSA) is 44.3 Å². The summed E-state index contributed by atoms with van der Waals surface area (Å²) in [6.07, 6.45) is 3.51. The maximum Gasteiger partial charge on any atom is 0.222 e. The van der Waals surface area contributed by atoms with Gasteiger partial charge in [-0.2, -0.15) is 0 Å². The van der Waals surface area contributed by atoms with E-state index in [1.165, 1.54) is 0 Å². The molecule has 1 unspecified atom stereocenters. The molecule has 88 valence electrons. The molecule has 1 aromatic heterocycles. The first-order chi connectivity index (χ1) is 7.75. The van der Waals surface area contributed by atoms with Crippen LogP contribution in [0.4, 0.5) is 5.95 Å². The first kappa shape index (κ1) is 11.3. The molecule has 1 aliphatic heterocycles. The molecule has 0 aliphatic carbocycles. The van der Waals surface area contributed by atoms with E-state index in [9.17, 15) is 0 Å². The molecule has 1 aliphatic rings. The summed E-state index contributed by atoms with van der Waals surface area (Å²) in [5.74, 6) is 0.712. The molecule has 5 nitrogen and oxygen atoms in total. The SMILES string of the molecule is CN1CCN(C)C(CNc2ncccn2)C1. The molecule has 1 aromatic rings. The summed E-state index contributed by atoms with van der Waals surface area (Å²) >= 11 is 0. The standard InChI is InChI=1S/C11H19N5/c1-15-6-7-16(2)10(9-15)8-14-11-12-4-3-5-13-11/h3-5,10H,6-9H2,1-2H3,(H,12,13,14). The number of hydrogen-bond acceptors (Lipinski definition) is 5. The highest BCUT2D eigenvalue weighted by atomic mass is 15.3. The summed E-state index contributed by atoms with van der Waals surface area (Å²) in [5.41, 5.74) is 0. The average Bonchev–Trinajstić information content (AvgIpc) is 2.32. The van der Waals surface area contributed by atoms with E-state index in [2.05, 4.69) is 39.2 Å². The summed E-state index contributed by atoms with van der Waals surface area (Å²) in [4.78, 5) is 13.0. The Morgan fingerprint density at radius 2 is 2.06 bits per heavy atom. The molecule has 1 fully saturated rings. The van der Waals surface area contributed by atoms with Crippen molar-refractivity contribution < 1.29 is 0 Å². The molecule has 2 rings (SSSR count). The molecule has 0 bridgehead atoms. The second-order valence-electron chi connectivity index (χ2n) is 4.35. The minimum absolute atomic E-state index is 0.530. The second kappa shape index (κ2) is 5.23. The van der Waals surface area contributed by atoms with Crippen molar-refractivity contribution in [3.8, 4) is 0 Å². The van der Waals surface area contributed by atoms with E-state index in [-0.39, 0.29) is 0 Å². The molecule has 0 radical (unpaired) electrons. The molecule has 1 N–H and O–H groups in total. The maximum absolute atomic E-state index is 4.15. The Balaban J connectivity index is 1.85. The van der Waals surface area contributed by atoms with Crippen LogP contribution in [0.2, 0.25) is 0 Å². The molecule has 1 saturated heterocycles. The number of likely N-dealkylation sites (N-methyl/N-ethyl adjacent to an activating group) is 2. The Morgan fingerprint density at radius 3 is 2.81 bits per heavy atom. The molecule has 16 heavy (non-hydrogen) atoms. The van der Waals surface area contributed by atoms with Crippen LogP contribution in [0.1, 0.15) is 0 Å². The van der Waals surface area contributed by atoms with Crippen molar-refractivity contribution in [2.24, 2.45) is 0 Å². The van der Waals surface area contributed by atoms with Crippen LogP contribution in [0.3, 0.4) is 0 Å². The molecule has 0 aromatic carbocycles. The van der Waals surface area contributed by atoms with Crippen molar-refractivity contribution in [1.82, 2.24) is 19.8 Å². The summed E-state index contributed by atoms with van der Waals surface area (Å²) in [5, 5.41) is 3.27. The van der Waals surface area contributed by atoms with Gasteiger partial charge in [-0.25, -0.2) is 9.97 Å². The number of nitrogens with zero attached hydrogens (tertiary/aromatic N) is 4. The van der Waals surface area contributed by atoms with Crippen molar-refractivity contribution in [2.75, 3.05) is 45.6 Å². The normalized spacial score (nSPS) is 23.2. The van der Waals surface area contributed by atoms with Crippen molar-refractivity contribution in [3.05, 3.63) is 18.5 Å². The Hall–Kier alpha value is -1.20. The van der Waals surface area contributed by atoms with Crippen molar-refractivity contribution in [2.45, 2.75) is 6.04 Å². The van der Waals surface area contributed by atoms with Crippen LogP contribution in [0.25, 0.3) is 0 Å². The third kappa shape index (κ3) is 2.90. The third-order valence-electron chi connectivity index (χ3n) is 3.04. The van der Waals surface area contributed by atoms with Crippen LogP contribution >= 0.6 is 0 Å². The van der Waals surface area contributed by atoms with Gasteiger partial charge in [0.15, 0.2) is 0 Å². The predicted molar refractivity (Wildman–Crippen MR) is 64.4 cm³/mol. The summed E-state index contributed by atoms with van der Waals surface area (Å²) in [6.45, 7) is 4.26. The lowest BCUT2D eigenvalue weighted by atomic mass is 10.2. The van der Waals surface area contributed by atoms with E-state index in [4.69, 9.17) is 0 Å². The van der Waals surface area contributed by atoms with Gasteiger partial charge in [-0.3, -0.25) is 4.90 Å². The minimum Gasteiger partial charge on any atom is -0.353 e. The molecular formula is C11H19N5. The van der Waals surface area contributed by atoms with Crippen LogP contribution in [0.5, 0.6) is 0 Å². The lowest BCUT2D eigenvalue weighted by Gasteiger charge is -2.37. The smallest absolute Gasteiger partial charge is 0.222 e. The number of nitrogens with one attached hydrogen (secondary N) is 1. The molecule has 1 atom stereocenters. The monoisotopic (exact) mass is 221 g/mol. The minimum atomic E-state index is 0.530. The molecule has 5 heteroatoms. The van der Waals surface area contributed by atoms with E-state index in [0.29, 0.717) is 12.0 Å². The Labute approximate surface area is 96.5 Å². The predicted octanol–water partition coefficient (Wildman–Crippen LogP) is 0.134. The number of hydrogen-bond donors (Lipinski definition) is 1. The van der Waals surface area contributed by atoms with Gasteiger partial charge >= 0.3 is 0 Å². The molecular weight excluding hydrogens is 202 g/mol. The number of rotatable bonds is 3. The van der Waals surface area contributed by atoms with Gasteiger partial charge in [0, 0.05) is 44.6 Å². The Kier molecular flexibility index (Phi) is 3.69. The van der Waals surface area contributed by atoms with Crippen LogP contribution in [0.15, 0.2) is 18.5 Å². The number of piperazine rings is 1. The van der Waals surface area contributed by atoms with E-state index >= 15 is 0 Å². The summed E-state index contributed by atoms with van der Waals surface area (Å²) in [7, 11) is 4.34. The highest BCUT2D eigenvalue weighted by molar-refractivity contribution is 5.22.